The van der Waals surface area contributed by atoms with E-state index < -0.39 is 0 Å². The highest BCUT2D eigenvalue weighted by atomic mass is 32.1. The number of halogens is 1. The highest BCUT2D eigenvalue weighted by Crippen LogP contribution is 2.17. The third-order valence-electron chi connectivity index (χ3n) is 4.31. The van der Waals surface area contributed by atoms with Crippen LogP contribution in [0.25, 0.3) is 0 Å². The van der Waals surface area contributed by atoms with E-state index in [0.717, 1.165) is 49.9 Å². The highest BCUT2D eigenvalue weighted by Gasteiger charge is 2.20. The number of anilines is 1. The molecule has 0 unspecified atom stereocenters. The maximum atomic E-state index is 13.1. The molecule has 1 fully saturated rings. The zero-order chi connectivity index (χ0) is 17.6. The molecule has 7 heteroatoms. The average Bonchev–Trinajstić information content (AvgIpc) is 3.11. The molecule has 5 nitrogen and oxygen atoms in total. The maximum Gasteiger partial charge on any atom is 0.194 e. The van der Waals surface area contributed by atoms with Crippen LogP contribution in [0.4, 0.5) is 10.1 Å². The molecule has 1 saturated heterocycles. The van der Waals surface area contributed by atoms with Gasteiger partial charge in [-0.15, -0.1) is 11.3 Å². The van der Waals surface area contributed by atoms with E-state index in [4.69, 9.17) is 0 Å². The smallest absolute Gasteiger partial charge is 0.194 e. The van der Waals surface area contributed by atoms with Gasteiger partial charge in [0.2, 0.25) is 0 Å². The van der Waals surface area contributed by atoms with Crippen molar-refractivity contribution < 1.29 is 4.39 Å². The summed E-state index contributed by atoms with van der Waals surface area (Å²) in [4.78, 5) is 13.5. The van der Waals surface area contributed by atoms with Crippen LogP contribution < -0.4 is 10.2 Å². The molecule has 0 spiro atoms. The maximum absolute atomic E-state index is 13.1. The summed E-state index contributed by atoms with van der Waals surface area (Å²) in [6.07, 6.45) is 0.977. The Balaban J connectivity index is 1.52. The topological polar surface area (TPSA) is 43.8 Å². The van der Waals surface area contributed by atoms with E-state index in [-0.39, 0.29) is 5.82 Å². The Morgan fingerprint density at radius 3 is 2.56 bits per heavy atom. The third-order valence-corrected chi connectivity index (χ3v) is 5.35. The summed E-state index contributed by atoms with van der Waals surface area (Å²) in [7, 11) is 1.81. The first-order valence-corrected chi connectivity index (χ1v) is 9.47. The normalized spacial score (nSPS) is 15.6. The molecular formula is C18H24FN5S. The number of thiazole rings is 1. The van der Waals surface area contributed by atoms with Crippen molar-refractivity contribution in [2.75, 3.05) is 38.1 Å². The van der Waals surface area contributed by atoms with Crippen molar-refractivity contribution in [3.8, 4) is 0 Å². The Bertz CT molecular complexity index is 705. The Labute approximate surface area is 152 Å². The summed E-state index contributed by atoms with van der Waals surface area (Å²) >= 11 is 1.71. The Morgan fingerprint density at radius 1 is 1.24 bits per heavy atom. The minimum Gasteiger partial charge on any atom is -0.368 e. The number of aryl methyl sites for hydroxylation is 1. The van der Waals surface area contributed by atoms with Gasteiger partial charge in [0.25, 0.3) is 0 Å². The van der Waals surface area contributed by atoms with Gasteiger partial charge in [-0.1, -0.05) is 6.92 Å². The van der Waals surface area contributed by atoms with Crippen molar-refractivity contribution in [1.82, 2.24) is 15.2 Å². The molecule has 0 aliphatic carbocycles. The van der Waals surface area contributed by atoms with Crippen molar-refractivity contribution in [1.29, 1.82) is 0 Å². The average molecular weight is 361 g/mol. The second-order valence-corrected chi connectivity index (χ2v) is 6.88. The lowest BCUT2D eigenvalue weighted by atomic mass is 10.2. The van der Waals surface area contributed by atoms with Crippen molar-refractivity contribution in [2.45, 2.75) is 19.9 Å². The molecule has 0 bridgehead atoms. The Morgan fingerprint density at radius 2 is 1.96 bits per heavy atom. The number of piperazine rings is 1. The Hall–Kier alpha value is -2.15. The quantitative estimate of drug-likeness (QED) is 0.672. The van der Waals surface area contributed by atoms with Gasteiger partial charge in [-0.3, -0.25) is 4.99 Å². The number of aliphatic imine (C=N–C) groups is 1. The first kappa shape index (κ1) is 17.7. The summed E-state index contributed by atoms with van der Waals surface area (Å²) in [6.45, 7) is 6.37. The zero-order valence-corrected chi connectivity index (χ0v) is 15.5. The largest absolute Gasteiger partial charge is 0.368 e. The van der Waals surface area contributed by atoms with Crippen molar-refractivity contribution in [3.05, 3.63) is 46.2 Å². The first-order chi connectivity index (χ1) is 12.2. The van der Waals surface area contributed by atoms with Crippen molar-refractivity contribution >= 4 is 23.0 Å². The van der Waals surface area contributed by atoms with E-state index >= 15 is 0 Å². The highest BCUT2D eigenvalue weighted by molar-refractivity contribution is 7.09. The monoisotopic (exact) mass is 361 g/mol. The number of nitrogens with one attached hydrogen (secondary N) is 1. The van der Waals surface area contributed by atoms with Gasteiger partial charge in [-0.05, 0) is 30.7 Å². The van der Waals surface area contributed by atoms with Crippen LogP contribution in [-0.2, 0) is 13.0 Å². The molecule has 0 atom stereocenters. The predicted octanol–water partition coefficient (Wildman–Crippen LogP) is 2.74. The molecule has 0 saturated carbocycles. The lowest BCUT2D eigenvalue weighted by Crippen LogP contribution is -2.52. The summed E-state index contributed by atoms with van der Waals surface area (Å²) in [5, 5.41) is 6.68. The fourth-order valence-electron chi connectivity index (χ4n) is 2.92. The number of aromatic nitrogens is 1. The number of benzene rings is 1. The van der Waals surface area contributed by atoms with E-state index in [0.29, 0.717) is 6.54 Å². The molecule has 0 amide bonds. The van der Waals surface area contributed by atoms with Crippen LogP contribution in [-0.4, -0.2) is 49.1 Å². The molecule has 3 rings (SSSR count). The van der Waals surface area contributed by atoms with Crippen LogP contribution in [0, 0.1) is 5.82 Å². The summed E-state index contributed by atoms with van der Waals surface area (Å²) in [5.41, 5.74) is 2.13. The van der Waals surface area contributed by atoms with Crippen LogP contribution >= 0.6 is 11.3 Å². The SMILES string of the molecule is CCc1nc(CNC(=NC)N2CCN(c3ccc(F)cc3)CC2)cs1. The standard InChI is InChI=1S/C18H24FN5S/c1-3-17-22-15(13-25-17)12-21-18(20-2)24-10-8-23(9-11-24)16-6-4-14(19)5-7-16/h4-7,13H,3,8-12H2,1-2H3,(H,20,21). The zero-order valence-electron chi connectivity index (χ0n) is 14.7. The van der Waals surface area contributed by atoms with Gasteiger partial charge >= 0.3 is 0 Å². The summed E-state index contributed by atoms with van der Waals surface area (Å²) < 4.78 is 13.1. The van der Waals surface area contributed by atoms with E-state index in [1.165, 1.54) is 17.1 Å². The minimum atomic E-state index is -0.194. The molecule has 1 aromatic heterocycles. The molecule has 0 radical (unpaired) electrons. The Kier molecular flexibility index (Phi) is 5.86. The van der Waals surface area contributed by atoms with Gasteiger partial charge in [0.15, 0.2) is 5.96 Å². The number of rotatable bonds is 4. The van der Waals surface area contributed by atoms with Crippen LogP contribution in [0.15, 0.2) is 34.6 Å². The fourth-order valence-corrected chi connectivity index (χ4v) is 3.67. The molecule has 1 aliphatic heterocycles. The van der Waals surface area contributed by atoms with Gasteiger partial charge in [-0.25, -0.2) is 9.37 Å². The van der Waals surface area contributed by atoms with Crippen LogP contribution in [0.5, 0.6) is 0 Å². The number of hydrogen-bond acceptors (Lipinski definition) is 4. The molecule has 25 heavy (non-hydrogen) atoms. The van der Waals surface area contributed by atoms with Gasteiger partial charge < -0.3 is 15.1 Å². The minimum absolute atomic E-state index is 0.194. The third kappa shape index (κ3) is 4.48. The summed E-state index contributed by atoms with van der Waals surface area (Å²) in [6, 6.07) is 6.71. The van der Waals surface area contributed by atoms with Crippen molar-refractivity contribution in [3.63, 3.8) is 0 Å². The van der Waals surface area contributed by atoms with E-state index in [2.05, 4.69) is 37.4 Å². The molecule has 2 heterocycles. The van der Waals surface area contributed by atoms with Gasteiger partial charge in [0.1, 0.15) is 5.82 Å². The molecule has 134 valence electrons. The van der Waals surface area contributed by atoms with E-state index in [1.807, 2.05) is 19.2 Å². The van der Waals surface area contributed by atoms with Gasteiger partial charge in [-0.2, -0.15) is 0 Å². The number of guanidine groups is 1. The molecule has 1 N–H and O–H groups in total. The van der Waals surface area contributed by atoms with E-state index in [1.54, 1.807) is 11.3 Å². The molecule has 2 aromatic rings. The molecular weight excluding hydrogens is 337 g/mol. The molecule has 1 aromatic carbocycles. The van der Waals surface area contributed by atoms with E-state index in [9.17, 15) is 4.39 Å². The van der Waals surface area contributed by atoms with Crippen LogP contribution in [0.2, 0.25) is 0 Å². The van der Waals surface area contributed by atoms with Gasteiger partial charge in [0, 0.05) is 44.3 Å². The lowest BCUT2D eigenvalue weighted by molar-refractivity contribution is 0.372. The number of hydrogen-bond donors (Lipinski definition) is 1. The van der Waals surface area contributed by atoms with Crippen molar-refractivity contribution in [2.24, 2.45) is 4.99 Å². The predicted molar refractivity (Wildman–Crippen MR) is 102 cm³/mol. The summed E-state index contributed by atoms with van der Waals surface area (Å²) in [5.74, 6) is 0.713. The fraction of sp³-hybridized carbons (Fsp3) is 0.444. The first-order valence-electron chi connectivity index (χ1n) is 8.59. The molecule has 1 aliphatic rings. The lowest BCUT2D eigenvalue weighted by Gasteiger charge is -2.37. The second-order valence-electron chi connectivity index (χ2n) is 5.94. The second kappa shape index (κ2) is 8.29. The van der Waals surface area contributed by atoms with Crippen LogP contribution in [0.3, 0.4) is 0 Å². The number of nitrogens with zero attached hydrogens (tertiary/aromatic N) is 4. The van der Waals surface area contributed by atoms with Gasteiger partial charge in [0.05, 0.1) is 17.2 Å². The van der Waals surface area contributed by atoms with Crippen LogP contribution in [0.1, 0.15) is 17.6 Å².